The maximum absolute atomic E-state index is 13.0. The highest BCUT2D eigenvalue weighted by Gasteiger charge is 2.31. The highest BCUT2D eigenvalue weighted by molar-refractivity contribution is 6.18. The van der Waals surface area contributed by atoms with E-state index in [1.165, 1.54) is 6.07 Å². The Labute approximate surface area is 157 Å². The van der Waals surface area contributed by atoms with Gasteiger partial charge in [0.05, 0.1) is 18.8 Å². The van der Waals surface area contributed by atoms with E-state index in [2.05, 4.69) is 0 Å². The number of hydrogen-bond acceptors (Lipinski definition) is 6. The first kappa shape index (κ1) is 20.2. The zero-order valence-corrected chi connectivity index (χ0v) is 15.6. The Hall–Kier alpha value is -3.15. The lowest BCUT2D eigenvalue weighted by Gasteiger charge is -2.17. The standard InChI is InChI=1S/C21H22O6/c1-4-13-12-15(18(22)14-10-8-7-9-11-14)16(20(24)26-5-2)17(19(13)23)21(25)27-6-3/h7-12,23H,4-6H2,1-3H3. The van der Waals surface area contributed by atoms with Crippen molar-refractivity contribution in [2.24, 2.45) is 0 Å². The summed E-state index contributed by atoms with van der Waals surface area (Å²) >= 11 is 0. The summed E-state index contributed by atoms with van der Waals surface area (Å²) in [6.07, 6.45) is 0.358. The molecule has 0 saturated heterocycles. The van der Waals surface area contributed by atoms with Crippen LogP contribution in [0.25, 0.3) is 0 Å². The Morgan fingerprint density at radius 2 is 1.44 bits per heavy atom. The minimum absolute atomic E-state index is 0.00245. The van der Waals surface area contributed by atoms with Gasteiger partial charge in [0.1, 0.15) is 11.3 Å². The lowest BCUT2D eigenvalue weighted by Crippen LogP contribution is -2.20. The summed E-state index contributed by atoms with van der Waals surface area (Å²) in [5.74, 6) is -2.56. The van der Waals surface area contributed by atoms with Gasteiger partial charge in [-0.15, -0.1) is 0 Å². The fourth-order valence-electron chi connectivity index (χ4n) is 2.74. The van der Waals surface area contributed by atoms with Crippen LogP contribution in [-0.2, 0) is 15.9 Å². The maximum Gasteiger partial charge on any atom is 0.342 e. The fourth-order valence-corrected chi connectivity index (χ4v) is 2.74. The molecule has 0 aromatic heterocycles. The molecule has 0 spiro atoms. The van der Waals surface area contributed by atoms with Crippen LogP contribution in [0.15, 0.2) is 36.4 Å². The molecule has 6 heteroatoms. The third-order valence-corrected chi connectivity index (χ3v) is 4.00. The van der Waals surface area contributed by atoms with E-state index in [1.54, 1.807) is 51.1 Å². The number of benzene rings is 2. The first-order valence-electron chi connectivity index (χ1n) is 8.78. The molecule has 0 aliphatic heterocycles. The van der Waals surface area contributed by atoms with Crippen molar-refractivity contribution in [1.29, 1.82) is 0 Å². The Kier molecular flexibility index (Phi) is 6.71. The normalized spacial score (nSPS) is 10.3. The predicted octanol–water partition coefficient (Wildman–Crippen LogP) is 3.54. The van der Waals surface area contributed by atoms with E-state index < -0.39 is 17.7 Å². The van der Waals surface area contributed by atoms with Gasteiger partial charge < -0.3 is 14.6 Å². The quantitative estimate of drug-likeness (QED) is 0.592. The molecule has 0 amide bonds. The summed E-state index contributed by atoms with van der Waals surface area (Å²) in [6, 6.07) is 9.82. The van der Waals surface area contributed by atoms with Gasteiger partial charge in [0.15, 0.2) is 5.78 Å². The van der Waals surface area contributed by atoms with E-state index in [0.29, 0.717) is 17.5 Å². The number of ether oxygens (including phenoxy) is 2. The third kappa shape index (κ3) is 4.16. The molecule has 0 bridgehead atoms. The number of rotatable bonds is 7. The van der Waals surface area contributed by atoms with Crippen molar-refractivity contribution in [3.05, 3.63) is 64.2 Å². The number of phenols is 1. The summed E-state index contributed by atoms with van der Waals surface area (Å²) < 4.78 is 10.0. The minimum atomic E-state index is -0.879. The van der Waals surface area contributed by atoms with Crippen molar-refractivity contribution < 1.29 is 29.0 Å². The molecular weight excluding hydrogens is 348 g/mol. The van der Waals surface area contributed by atoms with E-state index in [1.807, 2.05) is 0 Å². The van der Waals surface area contributed by atoms with Crippen LogP contribution in [0.5, 0.6) is 5.75 Å². The number of hydrogen-bond donors (Lipinski definition) is 1. The molecule has 1 N–H and O–H groups in total. The highest BCUT2D eigenvalue weighted by atomic mass is 16.5. The Morgan fingerprint density at radius 3 is 1.96 bits per heavy atom. The van der Waals surface area contributed by atoms with Gasteiger partial charge in [-0.05, 0) is 31.9 Å². The van der Waals surface area contributed by atoms with Gasteiger partial charge >= 0.3 is 11.9 Å². The summed E-state index contributed by atoms with van der Waals surface area (Å²) in [4.78, 5) is 38.1. The molecule has 0 fully saturated rings. The van der Waals surface area contributed by atoms with Gasteiger partial charge in [0.2, 0.25) is 0 Å². The van der Waals surface area contributed by atoms with Crippen LogP contribution in [0, 0.1) is 0 Å². The molecule has 0 atom stereocenters. The van der Waals surface area contributed by atoms with Crippen molar-refractivity contribution in [2.45, 2.75) is 27.2 Å². The predicted molar refractivity (Wildman–Crippen MR) is 99.3 cm³/mol. The zero-order chi connectivity index (χ0) is 20.0. The molecule has 2 aromatic carbocycles. The van der Waals surface area contributed by atoms with Crippen LogP contribution < -0.4 is 0 Å². The van der Waals surface area contributed by atoms with Gasteiger partial charge in [0, 0.05) is 11.1 Å². The molecule has 0 aliphatic rings. The molecule has 2 rings (SSSR count). The van der Waals surface area contributed by atoms with Crippen molar-refractivity contribution in [3.8, 4) is 5.75 Å². The molecule has 2 aromatic rings. The Bertz CT molecular complexity index is 855. The van der Waals surface area contributed by atoms with Crippen LogP contribution in [0.2, 0.25) is 0 Å². The fraction of sp³-hybridized carbons (Fsp3) is 0.286. The number of ketones is 1. The van der Waals surface area contributed by atoms with Gasteiger partial charge in [-0.1, -0.05) is 37.3 Å². The van der Waals surface area contributed by atoms with Crippen LogP contribution in [-0.4, -0.2) is 36.0 Å². The van der Waals surface area contributed by atoms with E-state index in [0.717, 1.165) is 0 Å². The van der Waals surface area contributed by atoms with E-state index >= 15 is 0 Å². The Morgan fingerprint density at radius 1 is 0.889 bits per heavy atom. The zero-order valence-electron chi connectivity index (χ0n) is 15.6. The van der Waals surface area contributed by atoms with Gasteiger partial charge in [0.25, 0.3) is 0 Å². The summed E-state index contributed by atoms with van der Waals surface area (Å²) in [6.45, 7) is 5.10. The van der Waals surface area contributed by atoms with E-state index in [9.17, 15) is 19.5 Å². The molecular formula is C21H22O6. The van der Waals surface area contributed by atoms with Crippen LogP contribution in [0.4, 0.5) is 0 Å². The molecule has 0 heterocycles. The number of carbonyl (C=O) groups is 3. The molecule has 142 valence electrons. The van der Waals surface area contributed by atoms with Crippen LogP contribution in [0.3, 0.4) is 0 Å². The van der Waals surface area contributed by atoms with Crippen molar-refractivity contribution in [2.75, 3.05) is 13.2 Å². The summed E-state index contributed by atoms with van der Waals surface area (Å²) in [5, 5.41) is 10.5. The molecule has 27 heavy (non-hydrogen) atoms. The molecule has 0 radical (unpaired) electrons. The second kappa shape index (κ2) is 8.98. The molecule has 0 saturated carbocycles. The monoisotopic (exact) mass is 370 g/mol. The SMILES string of the molecule is CCOC(=O)c1c(C(=O)c2ccccc2)cc(CC)c(O)c1C(=O)OCC. The van der Waals surface area contributed by atoms with Crippen molar-refractivity contribution in [3.63, 3.8) is 0 Å². The largest absolute Gasteiger partial charge is 0.507 e. The first-order valence-corrected chi connectivity index (χ1v) is 8.78. The lowest BCUT2D eigenvalue weighted by molar-refractivity contribution is 0.0474. The number of aryl methyl sites for hydroxylation is 1. The number of aromatic hydroxyl groups is 1. The maximum atomic E-state index is 13.0. The minimum Gasteiger partial charge on any atom is -0.507 e. The van der Waals surface area contributed by atoms with E-state index in [4.69, 9.17) is 9.47 Å². The topological polar surface area (TPSA) is 89.9 Å². The van der Waals surface area contributed by atoms with Crippen molar-refractivity contribution in [1.82, 2.24) is 0 Å². The average Bonchev–Trinajstić information content (AvgIpc) is 2.68. The number of phenolic OH excluding ortho intramolecular Hbond substituents is 1. The third-order valence-electron chi connectivity index (χ3n) is 4.00. The van der Waals surface area contributed by atoms with E-state index in [-0.39, 0.29) is 35.7 Å². The number of esters is 2. The van der Waals surface area contributed by atoms with Gasteiger partial charge in [-0.25, -0.2) is 9.59 Å². The summed E-state index contributed by atoms with van der Waals surface area (Å²) in [7, 11) is 0. The van der Waals surface area contributed by atoms with Crippen LogP contribution >= 0.6 is 0 Å². The second-order valence-corrected chi connectivity index (χ2v) is 5.67. The van der Waals surface area contributed by atoms with Gasteiger partial charge in [-0.3, -0.25) is 4.79 Å². The molecule has 0 aliphatic carbocycles. The lowest BCUT2D eigenvalue weighted by atomic mass is 9.90. The second-order valence-electron chi connectivity index (χ2n) is 5.67. The van der Waals surface area contributed by atoms with Gasteiger partial charge in [-0.2, -0.15) is 0 Å². The summed E-state index contributed by atoms with van der Waals surface area (Å²) in [5.41, 5.74) is 0.0983. The molecule has 6 nitrogen and oxygen atoms in total. The van der Waals surface area contributed by atoms with Crippen molar-refractivity contribution >= 4 is 17.7 Å². The molecule has 0 unspecified atom stereocenters. The highest BCUT2D eigenvalue weighted by Crippen LogP contribution is 2.32. The van der Waals surface area contributed by atoms with Crippen LogP contribution in [0.1, 0.15) is 63.0 Å². The Balaban J connectivity index is 2.80. The number of carbonyl (C=O) groups excluding carboxylic acids is 3. The smallest absolute Gasteiger partial charge is 0.342 e. The first-order chi connectivity index (χ1) is 13.0. The average molecular weight is 370 g/mol.